The number of rotatable bonds is 6. The van der Waals surface area contributed by atoms with Crippen LogP contribution in [0.25, 0.3) is 11.1 Å². The molecule has 0 saturated carbocycles. The van der Waals surface area contributed by atoms with Gasteiger partial charge < -0.3 is 10.6 Å². The highest BCUT2D eigenvalue weighted by Crippen LogP contribution is 2.37. The van der Waals surface area contributed by atoms with Crippen LogP contribution in [0.1, 0.15) is 27.9 Å². The highest BCUT2D eigenvalue weighted by molar-refractivity contribution is 5.95. The second kappa shape index (κ2) is 8.16. The van der Waals surface area contributed by atoms with Crippen LogP contribution in [0.15, 0.2) is 66.7 Å². The molecular formula is C23H19N3O4. The first-order valence-corrected chi connectivity index (χ1v) is 9.55. The molecule has 0 bridgehead atoms. The van der Waals surface area contributed by atoms with Gasteiger partial charge in [-0.05, 0) is 52.9 Å². The Labute approximate surface area is 172 Å². The molecule has 0 radical (unpaired) electrons. The van der Waals surface area contributed by atoms with E-state index in [1.165, 1.54) is 41.0 Å². The first-order chi connectivity index (χ1) is 14.5. The highest BCUT2D eigenvalue weighted by Gasteiger charge is 2.18. The van der Waals surface area contributed by atoms with Crippen LogP contribution in [0.4, 0.5) is 11.4 Å². The molecule has 4 rings (SSSR count). The first-order valence-electron chi connectivity index (χ1n) is 9.55. The van der Waals surface area contributed by atoms with E-state index in [0.717, 1.165) is 17.7 Å². The Bertz CT molecular complexity index is 1140. The molecule has 0 aromatic heterocycles. The maximum atomic E-state index is 12.3. The lowest BCUT2D eigenvalue weighted by atomic mass is 10.1. The fraction of sp³-hybridized carbons (Fsp3) is 0.130. The molecular weight excluding hydrogens is 382 g/mol. The minimum atomic E-state index is -0.524. The van der Waals surface area contributed by atoms with Gasteiger partial charge in [0.2, 0.25) is 5.91 Å². The highest BCUT2D eigenvalue weighted by atomic mass is 16.6. The van der Waals surface area contributed by atoms with Crippen molar-refractivity contribution in [2.75, 3.05) is 11.9 Å². The van der Waals surface area contributed by atoms with Crippen molar-refractivity contribution in [3.63, 3.8) is 0 Å². The van der Waals surface area contributed by atoms with Gasteiger partial charge in [0.15, 0.2) is 0 Å². The zero-order valence-electron chi connectivity index (χ0n) is 16.1. The predicted octanol–water partition coefficient (Wildman–Crippen LogP) is 3.92. The molecule has 0 spiro atoms. The SMILES string of the molecule is O=C(CCNC(=O)c1ccc([N+](=O)[O-])cc1)Nc1ccc2c(c1)-c1ccccc1C2. The number of fused-ring (bicyclic) bond motifs is 3. The van der Waals surface area contributed by atoms with E-state index in [-0.39, 0.29) is 30.5 Å². The van der Waals surface area contributed by atoms with Gasteiger partial charge in [-0.3, -0.25) is 19.7 Å². The van der Waals surface area contributed by atoms with Crippen LogP contribution < -0.4 is 10.6 Å². The predicted molar refractivity (Wildman–Crippen MR) is 113 cm³/mol. The number of carbonyl (C=O) groups excluding carboxylic acids is 2. The van der Waals surface area contributed by atoms with E-state index in [0.29, 0.717) is 5.56 Å². The Hall–Kier alpha value is -4.00. The summed E-state index contributed by atoms with van der Waals surface area (Å²) in [6.45, 7) is 0.162. The first kappa shape index (κ1) is 19.3. The molecule has 0 unspecified atom stereocenters. The average Bonchev–Trinajstić information content (AvgIpc) is 3.12. The van der Waals surface area contributed by atoms with Crippen molar-refractivity contribution in [3.05, 3.63) is 93.5 Å². The van der Waals surface area contributed by atoms with Crippen molar-refractivity contribution in [2.24, 2.45) is 0 Å². The van der Waals surface area contributed by atoms with Gasteiger partial charge in [0.1, 0.15) is 0 Å². The topological polar surface area (TPSA) is 101 Å². The monoisotopic (exact) mass is 401 g/mol. The van der Waals surface area contributed by atoms with Crippen LogP contribution in [-0.2, 0) is 11.2 Å². The molecule has 0 fully saturated rings. The van der Waals surface area contributed by atoms with Crippen molar-refractivity contribution in [2.45, 2.75) is 12.8 Å². The summed E-state index contributed by atoms with van der Waals surface area (Å²) in [6, 6.07) is 19.4. The Kier molecular flexibility index (Phi) is 5.26. The quantitative estimate of drug-likeness (QED) is 0.378. The third-order valence-electron chi connectivity index (χ3n) is 5.06. The molecule has 1 aliphatic carbocycles. The summed E-state index contributed by atoms with van der Waals surface area (Å²) < 4.78 is 0. The van der Waals surface area contributed by atoms with Crippen LogP contribution in [0, 0.1) is 10.1 Å². The van der Waals surface area contributed by atoms with Crippen molar-refractivity contribution in [1.82, 2.24) is 5.32 Å². The molecule has 0 heterocycles. The van der Waals surface area contributed by atoms with Crippen LogP contribution in [0.2, 0.25) is 0 Å². The molecule has 2 amide bonds. The molecule has 2 N–H and O–H groups in total. The number of carbonyl (C=O) groups is 2. The standard InChI is InChI=1S/C23H19N3O4/c27-22(11-12-24-23(28)15-6-9-19(10-7-15)26(29)30)25-18-8-5-17-13-16-3-1-2-4-20(16)21(17)14-18/h1-10,14H,11-13H2,(H,24,28)(H,25,27). The van der Waals surface area contributed by atoms with Gasteiger partial charge in [-0.15, -0.1) is 0 Å². The zero-order valence-corrected chi connectivity index (χ0v) is 16.1. The smallest absolute Gasteiger partial charge is 0.269 e. The number of nitrogens with one attached hydrogen (secondary N) is 2. The van der Waals surface area contributed by atoms with Crippen molar-refractivity contribution in [3.8, 4) is 11.1 Å². The molecule has 3 aromatic carbocycles. The summed E-state index contributed by atoms with van der Waals surface area (Å²) in [5, 5.41) is 16.2. The molecule has 3 aromatic rings. The summed E-state index contributed by atoms with van der Waals surface area (Å²) in [5.74, 6) is -0.586. The number of hydrogen-bond acceptors (Lipinski definition) is 4. The number of nitrogens with zero attached hydrogens (tertiary/aromatic N) is 1. The largest absolute Gasteiger partial charge is 0.352 e. The van der Waals surface area contributed by atoms with E-state index < -0.39 is 4.92 Å². The maximum absolute atomic E-state index is 12.3. The number of non-ortho nitro benzene ring substituents is 1. The third kappa shape index (κ3) is 4.05. The Morgan fingerprint density at radius 1 is 0.933 bits per heavy atom. The molecule has 0 atom stereocenters. The lowest BCUT2D eigenvalue weighted by Crippen LogP contribution is -2.27. The van der Waals surface area contributed by atoms with Gasteiger partial charge in [-0.25, -0.2) is 0 Å². The van der Waals surface area contributed by atoms with Crippen molar-refractivity contribution in [1.29, 1.82) is 0 Å². The van der Waals surface area contributed by atoms with E-state index in [4.69, 9.17) is 0 Å². The van der Waals surface area contributed by atoms with Gasteiger partial charge in [-0.1, -0.05) is 30.3 Å². The fourth-order valence-electron chi connectivity index (χ4n) is 3.55. The molecule has 150 valence electrons. The lowest BCUT2D eigenvalue weighted by Gasteiger charge is -2.09. The molecule has 1 aliphatic rings. The number of hydrogen-bond donors (Lipinski definition) is 2. The molecule has 30 heavy (non-hydrogen) atoms. The van der Waals surface area contributed by atoms with Gasteiger partial charge in [-0.2, -0.15) is 0 Å². The second-order valence-corrected chi connectivity index (χ2v) is 7.06. The number of nitro benzene ring substituents is 1. The van der Waals surface area contributed by atoms with E-state index in [1.54, 1.807) is 0 Å². The van der Waals surface area contributed by atoms with Gasteiger partial charge in [0.25, 0.3) is 11.6 Å². The molecule has 0 aliphatic heterocycles. The van der Waals surface area contributed by atoms with Crippen LogP contribution in [0.5, 0.6) is 0 Å². The second-order valence-electron chi connectivity index (χ2n) is 7.06. The summed E-state index contributed by atoms with van der Waals surface area (Å²) in [5.41, 5.74) is 5.79. The van der Waals surface area contributed by atoms with Gasteiger partial charge in [0, 0.05) is 36.3 Å². The summed E-state index contributed by atoms with van der Waals surface area (Å²) >= 11 is 0. The van der Waals surface area contributed by atoms with Gasteiger partial charge >= 0.3 is 0 Å². The number of anilines is 1. The minimum absolute atomic E-state index is 0.0807. The minimum Gasteiger partial charge on any atom is -0.352 e. The summed E-state index contributed by atoms with van der Waals surface area (Å²) in [4.78, 5) is 34.5. The van der Waals surface area contributed by atoms with Crippen LogP contribution in [0.3, 0.4) is 0 Å². The lowest BCUT2D eigenvalue weighted by molar-refractivity contribution is -0.384. The van der Waals surface area contributed by atoms with E-state index in [2.05, 4.69) is 22.8 Å². The Balaban J connectivity index is 1.31. The number of benzene rings is 3. The molecule has 7 nitrogen and oxygen atoms in total. The fourth-order valence-corrected chi connectivity index (χ4v) is 3.55. The third-order valence-corrected chi connectivity index (χ3v) is 5.06. The van der Waals surface area contributed by atoms with Crippen LogP contribution in [-0.4, -0.2) is 23.3 Å². The zero-order chi connectivity index (χ0) is 21.1. The Morgan fingerprint density at radius 2 is 1.67 bits per heavy atom. The van der Waals surface area contributed by atoms with E-state index in [9.17, 15) is 19.7 Å². The van der Waals surface area contributed by atoms with Crippen molar-refractivity contribution < 1.29 is 14.5 Å². The number of amides is 2. The molecule has 0 saturated heterocycles. The van der Waals surface area contributed by atoms with Crippen molar-refractivity contribution >= 4 is 23.2 Å². The molecule has 7 heteroatoms. The van der Waals surface area contributed by atoms with E-state index >= 15 is 0 Å². The summed E-state index contributed by atoms with van der Waals surface area (Å²) in [6.07, 6.45) is 1.01. The summed E-state index contributed by atoms with van der Waals surface area (Å²) in [7, 11) is 0. The van der Waals surface area contributed by atoms with E-state index in [1.807, 2.05) is 30.3 Å². The van der Waals surface area contributed by atoms with Crippen LogP contribution >= 0.6 is 0 Å². The average molecular weight is 401 g/mol. The van der Waals surface area contributed by atoms with Gasteiger partial charge in [0.05, 0.1) is 4.92 Å². The number of nitro groups is 1. The maximum Gasteiger partial charge on any atom is 0.269 e. The Morgan fingerprint density at radius 3 is 2.43 bits per heavy atom. The normalized spacial score (nSPS) is 11.3.